The van der Waals surface area contributed by atoms with E-state index in [1.54, 1.807) is 12.1 Å². The highest BCUT2D eigenvalue weighted by Crippen LogP contribution is 2.13. The molecule has 0 radical (unpaired) electrons. The standard InChI is InChI=1S/C10H14N2O/c1-3-12-10(13)8-5-4-7(2)6-9(8)11/h4-6H,3,11H2,1-2H3,(H,12,13). The number of benzene rings is 1. The van der Waals surface area contributed by atoms with Crippen molar-refractivity contribution < 1.29 is 4.79 Å². The molecule has 0 spiro atoms. The smallest absolute Gasteiger partial charge is 0.253 e. The van der Waals surface area contributed by atoms with Crippen LogP contribution in [-0.4, -0.2) is 12.5 Å². The Labute approximate surface area is 77.9 Å². The average Bonchev–Trinajstić information content (AvgIpc) is 2.04. The molecule has 13 heavy (non-hydrogen) atoms. The molecule has 1 rings (SSSR count). The van der Waals surface area contributed by atoms with Crippen molar-refractivity contribution in [1.82, 2.24) is 5.32 Å². The summed E-state index contributed by atoms with van der Waals surface area (Å²) in [6, 6.07) is 5.42. The van der Waals surface area contributed by atoms with Gasteiger partial charge in [0.1, 0.15) is 0 Å². The van der Waals surface area contributed by atoms with Crippen LogP contribution in [0.25, 0.3) is 0 Å². The zero-order valence-corrected chi connectivity index (χ0v) is 7.92. The van der Waals surface area contributed by atoms with E-state index in [4.69, 9.17) is 5.73 Å². The number of hydrogen-bond acceptors (Lipinski definition) is 2. The third kappa shape index (κ3) is 2.21. The Balaban J connectivity index is 2.95. The first-order chi connectivity index (χ1) is 6.15. The van der Waals surface area contributed by atoms with Crippen LogP contribution in [0.2, 0.25) is 0 Å². The van der Waals surface area contributed by atoms with Gasteiger partial charge in [0, 0.05) is 12.2 Å². The summed E-state index contributed by atoms with van der Waals surface area (Å²) in [4.78, 5) is 11.4. The lowest BCUT2D eigenvalue weighted by Crippen LogP contribution is -2.23. The van der Waals surface area contributed by atoms with Gasteiger partial charge in [-0.25, -0.2) is 0 Å². The fourth-order valence-electron chi connectivity index (χ4n) is 1.14. The van der Waals surface area contributed by atoms with Crippen molar-refractivity contribution in [2.45, 2.75) is 13.8 Å². The normalized spacial score (nSPS) is 9.69. The van der Waals surface area contributed by atoms with E-state index in [0.29, 0.717) is 17.8 Å². The molecule has 0 atom stereocenters. The number of rotatable bonds is 2. The van der Waals surface area contributed by atoms with Crippen molar-refractivity contribution in [3.8, 4) is 0 Å². The van der Waals surface area contributed by atoms with Crippen LogP contribution in [0.4, 0.5) is 5.69 Å². The molecule has 0 fully saturated rings. The Morgan fingerprint density at radius 3 is 2.77 bits per heavy atom. The summed E-state index contributed by atoms with van der Waals surface area (Å²) in [5, 5.41) is 2.70. The number of aryl methyl sites for hydroxylation is 1. The molecule has 3 N–H and O–H groups in total. The predicted octanol–water partition coefficient (Wildman–Crippen LogP) is 1.33. The summed E-state index contributed by atoms with van der Waals surface area (Å²) in [5.41, 5.74) is 7.83. The third-order valence-corrected chi connectivity index (χ3v) is 1.79. The molecule has 3 nitrogen and oxygen atoms in total. The van der Waals surface area contributed by atoms with Crippen molar-refractivity contribution in [2.24, 2.45) is 0 Å². The van der Waals surface area contributed by atoms with Crippen molar-refractivity contribution >= 4 is 11.6 Å². The van der Waals surface area contributed by atoms with E-state index in [-0.39, 0.29) is 5.91 Å². The highest BCUT2D eigenvalue weighted by atomic mass is 16.1. The third-order valence-electron chi connectivity index (χ3n) is 1.79. The number of amides is 1. The zero-order chi connectivity index (χ0) is 9.84. The van der Waals surface area contributed by atoms with Crippen LogP contribution in [0.3, 0.4) is 0 Å². The van der Waals surface area contributed by atoms with Crippen LogP contribution >= 0.6 is 0 Å². The lowest BCUT2D eigenvalue weighted by molar-refractivity contribution is 0.0956. The molecule has 0 aromatic heterocycles. The van der Waals surface area contributed by atoms with Crippen molar-refractivity contribution in [2.75, 3.05) is 12.3 Å². The van der Waals surface area contributed by atoms with E-state index < -0.39 is 0 Å². The first kappa shape index (κ1) is 9.58. The first-order valence-electron chi connectivity index (χ1n) is 4.29. The summed E-state index contributed by atoms with van der Waals surface area (Å²) in [5.74, 6) is -0.111. The number of carbonyl (C=O) groups is 1. The Bertz CT molecular complexity index is 321. The van der Waals surface area contributed by atoms with E-state index in [2.05, 4.69) is 5.32 Å². The van der Waals surface area contributed by atoms with E-state index in [0.717, 1.165) is 5.56 Å². The summed E-state index contributed by atoms with van der Waals surface area (Å²) in [7, 11) is 0. The Kier molecular flexibility index (Phi) is 2.90. The van der Waals surface area contributed by atoms with Gasteiger partial charge in [-0.05, 0) is 31.5 Å². The molecular formula is C10H14N2O. The molecule has 0 bridgehead atoms. The lowest BCUT2D eigenvalue weighted by atomic mass is 10.1. The molecule has 0 unspecified atom stereocenters. The van der Waals surface area contributed by atoms with Crippen LogP contribution in [0.5, 0.6) is 0 Å². The highest BCUT2D eigenvalue weighted by molar-refractivity contribution is 5.99. The molecule has 0 aliphatic carbocycles. The van der Waals surface area contributed by atoms with Gasteiger partial charge in [0.15, 0.2) is 0 Å². The van der Waals surface area contributed by atoms with Gasteiger partial charge in [0.2, 0.25) is 0 Å². The number of nitrogen functional groups attached to an aromatic ring is 1. The summed E-state index contributed by atoms with van der Waals surface area (Å²) >= 11 is 0. The molecule has 0 aliphatic rings. The van der Waals surface area contributed by atoms with Crippen molar-refractivity contribution in [3.05, 3.63) is 29.3 Å². The SMILES string of the molecule is CCNC(=O)c1ccc(C)cc1N. The molecule has 70 valence electrons. The van der Waals surface area contributed by atoms with Gasteiger partial charge in [-0.15, -0.1) is 0 Å². The fraction of sp³-hybridized carbons (Fsp3) is 0.300. The molecule has 1 aromatic rings. The lowest BCUT2D eigenvalue weighted by Gasteiger charge is -2.05. The second-order valence-electron chi connectivity index (χ2n) is 2.95. The van der Waals surface area contributed by atoms with Crippen LogP contribution < -0.4 is 11.1 Å². The van der Waals surface area contributed by atoms with Gasteiger partial charge in [-0.2, -0.15) is 0 Å². The summed E-state index contributed by atoms with van der Waals surface area (Å²) < 4.78 is 0. The van der Waals surface area contributed by atoms with E-state index in [1.165, 1.54) is 0 Å². The van der Waals surface area contributed by atoms with Crippen LogP contribution in [0.1, 0.15) is 22.8 Å². The van der Waals surface area contributed by atoms with Gasteiger partial charge >= 0.3 is 0 Å². The van der Waals surface area contributed by atoms with Gasteiger partial charge < -0.3 is 11.1 Å². The maximum absolute atomic E-state index is 11.4. The quantitative estimate of drug-likeness (QED) is 0.671. The number of anilines is 1. The van der Waals surface area contributed by atoms with Crippen molar-refractivity contribution in [1.29, 1.82) is 0 Å². The number of nitrogens with two attached hydrogens (primary N) is 1. The molecule has 1 aromatic carbocycles. The molecular weight excluding hydrogens is 164 g/mol. The maximum atomic E-state index is 11.4. The minimum Gasteiger partial charge on any atom is -0.398 e. The van der Waals surface area contributed by atoms with Crippen LogP contribution in [-0.2, 0) is 0 Å². The summed E-state index contributed by atoms with van der Waals surface area (Å²) in [6.07, 6.45) is 0. The van der Waals surface area contributed by atoms with Gasteiger partial charge in [0.25, 0.3) is 5.91 Å². The topological polar surface area (TPSA) is 55.1 Å². The van der Waals surface area contributed by atoms with Gasteiger partial charge in [0.05, 0.1) is 5.56 Å². The van der Waals surface area contributed by atoms with Crippen molar-refractivity contribution in [3.63, 3.8) is 0 Å². The van der Waals surface area contributed by atoms with E-state index in [9.17, 15) is 4.79 Å². The van der Waals surface area contributed by atoms with E-state index in [1.807, 2.05) is 19.9 Å². The second-order valence-corrected chi connectivity index (χ2v) is 2.95. The molecule has 3 heteroatoms. The minimum atomic E-state index is -0.111. The average molecular weight is 178 g/mol. The Morgan fingerprint density at radius 2 is 2.23 bits per heavy atom. The monoisotopic (exact) mass is 178 g/mol. The van der Waals surface area contributed by atoms with Gasteiger partial charge in [-0.1, -0.05) is 6.07 Å². The fourth-order valence-corrected chi connectivity index (χ4v) is 1.14. The predicted molar refractivity (Wildman–Crippen MR) is 53.6 cm³/mol. The largest absolute Gasteiger partial charge is 0.398 e. The molecule has 0 saturated heterocycles. The van der Waals surface area contributed by atoms with Crippen LogP contribution in [0, 0.1) is 6.92 Å². The first-order valence-corrected chi connectivity index (χ1v) is 4.29. The number of nitrogens with one attached hydrogen (secondary N) is 1. The van der Waals surface area contributed by atoms with Crippen LogP contribution in [0.15, 0.2) is 18.2 Å². The van der Waals surface area contributed by atoms with Gasteiger partial charge in [-0.3, -0.25) is 4.79 Å². The number of carbonyl (C=O) groups excluding carboxylic acids is 1. The molecule has 0 heterocycles. The second kappa shape index (κ2) is 3.94. The number of hydrogen-bond donors (Lipinski definition) is 2. The maximum Gasteiger partial charge on any atom is 0.253 e. The highest BCUT2D eigenvalue weighted by Gasteiger charge is 2.07. The minimum absolute atomic E-state index is 0.111. The molecule has 0 aliphatic heterocycles. The van der Waals surface area contributed by atoms with E-state index >= 15 is 0 Å². The zero-order valence-electron chi connectivity index (χ0n) is 7.92. The molecule has 0 saturated carbocycles. The summed E-state index contributed by atoms with van der Waals surface area (Å²) in [6.45, 7) is 4.44. The molecule has 1 amide bonds. The Morgan fingerprint density at radius 1 is 1.54 bits per heavy atom. The Hall–Kier alpha value is -1.51.